The Morgan fingerprint density at radius 2 is 1.93 bits per heavy atom. The molecule has 0 bridgehead atoms. The molecule has 0 aliphatic carbocycles. The minimum atomic E-state index is -4.14. The number of hydrogen-bond acceptors (Lipinski definition) is 1. The number of amidine groups is 1. The summed E-state index contributed by atoms with van der Waals surface area (Å²) in [5.74, 6) is 0.572. The maximum atomic E-state index is 12.2. The van der Waals surface area contributed by atoms with Gasteiger partial charge >= 0.3 is 102 Å². The molecule has 0 fully saturated rings. The average molecular weight is 328 g/mol. The molecule has 0 heterocycles. The molecule has 0 unspecified atom stereocenters. The van der Waals surface area contributed by atoms with Crippen LogP contribution >= 0.6 is 0 Å². The number of hydrogen-bond donors (Lipinski definition) is 0. The first-order valence-corrected chi connectivity index (χ1v) is 6.16. The van der Waals surface area contributed by atoms with E-state index in [9.17, 15) is 13.2 Å². The molecule has 15 heavy (non-hydrogen) atoms. The van der Waals surface area contributed by atoms with Crippen LogP contribution in [0.1, 0.15) is 33.6 Å². The van der Waals surface area contributed by atoms with Crippen molar-refractivity contribution in [3.8, 4) is 0 Å². The standard InChI is InChI=1S/C9H16F3N2.Sn/c1-4-5-8(14-7(2)3)13-6-9(10,11)12;/h7H,4-6H2,1-3H3;/q-1;+1. The Morgan fingerprint density at radius 1 is 1.40 bits per heavy atom. The van der Waals surface area contributed by atoms with E-state index in [0.717, 1.165) is 29.2 Å². The molecule has 0 saturated carbocycles. The third kappa shape index (κ3) is 7.93. The summed E-state index contributed by atoms with van der Waals surface area (Å²) in [6.45, 7) is 4.78. The summed E-state index contributed by atoms with van der Waals surface area (Å²) in [6.07, 6.45) is -2.72. The zero-order chi connectivity index (χ0) is 12.1. The second-order valence-electron chi connectivity index (χ2n) is 3.59. The first-order valence-electron chi connectivity index (χ1n) is 4.88. The van der Waals surface area contributed by atoms with E-state index in [1.54, 1.807) is 0 Å². The molecule has 0 aromatic carbocycles. The first kappa shape index (κ1) is 15.1. The van der Waals surface area contributed by atoms with Crippen LogP contribution in [0.2, 0.25) is 0 Å². The third-order valence-corrected chi connectivity index (χ3v) is 2.72. The van der Waals surface area contributed by atoms with Gasteiger partial charge in [0.1, 0.15) is 0 Å². The SMILES string of the molecule is CCCC(=NC(C)C)[N]([Sn])CC(F)(F)F. The van der Waals surface area contributed by atoms with Gasteiger partial charge in [0, 0.05) is 0 Å². The van der Waals surface area contributed by atoms with Crippen molar-refractivity contribution < 1.29 is 13.2 Å². The number of nitrogens with zero attached hydrogens (tertiary/aromatic N) is 2. The third-order valence-electron chi connectivity index (χ3n) is 1.53. The summed E-state index contributed by atoms with van der Waals surface area (Å²) in [5, 5.41) is 0. The zero-order valence-electron chi connectivity index (χ0n) is 9.23. The Labute approximate surface area is 102 Å². The first-order chi connectivity index (χ1) is 6.76. The second kappa shape index (κ2) is 6.60. The topological polar surface area (TPSA) is 15.6 Å². The molecule has 0 aliphatic rings. The van der Waals surface area contributed by atoms with Crippen molar-refractivity contribution in [2.75, 3.05) is 6.54 Å². The number of halogens is 3. The molecule has 0 aromatic heterocycles. The monoisotopic (exact) mass is 329 g/mol. The van der Waals surface area contributed by atoms with Crippen LogP contribution in [-0.2, 0) is 0 Å². The molecule has 87 valence electrons. The van der Waals surface area contributed by atoms with Crippen molar-refractivity contribution in [1.82, 2.24) is 3.12 Å². The molecular formula is C9H16F3N2Sn. The molecule has 0 amide bonds. The van der Waals surface area contributed by atoms with Gasteiger partial charge in [-0.25, -0.2) is 0 Å². The average Bonchev–Trinajstić information content (AvgIpc) is 1.99. The number of aliphatic imine (C=N–C) groups is 1. The summed E-state index contributed by atoms with van der Waals surface area (Å²) >= 11 is 0.735. The Bertz CT molecular complexity index is 214. The van der Waals surface area contributed by atoms with Crippen LogP contribution in [0, 0.1) is 0 Å². The number of rotatable bonds is 4. The van der Waals surface area contributed by atoms with Gasteiger partial charge in [0.05, 0.1) is 0 Å². The molecule has 0 saturated heterocycles. The van der Waals surface area contributed by atoms with Gasteiger partial charge in [0.2, 0.25) is 0 Å². The Kier molecular flexibility index (Phi) is 6.63. The minimum absolute atomic E-state index is 0.0442. The van der Waals surface area contributed by atoms with Crippen LogP contribution in [0.3, 0.4) is 0 Å². The fraction of sp³-hybridized carbons (Fsp3) is 0.889. The quantitative estimate of drug-likeness (QED) is 0.440. The predicted molar refractivity (Wildman–Crippen MR) is 56.0 cm³/mol. The van der Waals surface area contributed by atoms with Gasteiger partial charge in [-0.05, 0) is 0 Å². The van der Waals surface area contributed by atoms with E-state index in [1.807, 2.05) is 20.8 Å². The van der Waals surface area contributed by atoms with Crippen molar-refractivity contribution in [1.29, 1.82) is 0 Å². The van der Waals surface area contributed by atoms with Crippen LogP contribution < -0.4 is 0 Å². The normalized spacial score (nSPS) is 13.5. The Morgan fingerprint density at radius 3 is 2.27 bits per heavy atom. The summed E-state index contributed by atoms with van der Waals surface area (Å²) < 4.78 is 37.8. The summed E-state index contributed by atoms with van der Waals surface area (Å²) in [5.41, 5.74) is 0. The van der Waals surface area contributed by atoms with Crippen LogP contribution in [0.5, 0.6) is 0 Å². The van der Waals surface area contributed by atoms with Crippen molar-refractivity contribution in [2.24, 2.45) is 4.99 Å². The predicted octanol–water partition coefficient (Wildman–Crippen LogP) is 2.54. The van der Waals surface area contributed by atoms with Gasteiger partial charge in [0.25, 0.3) is 0 Å². The second-order valence-corrected chi connectivity index (χ2v) is 5.13. The molecule has 0 aliphatic heterocycles. The van der Waals surface area contributed by atoms with E-state index in [0.29, 0.717) is 12.3 Å². The molecule has 0 spiro atoms. The zero-order valence-corrected chi connectivity index (χ0v) is 12.1. The number of alkyl halides is 3. The summed E-state index contributed by atoms with van der Waals surface area (Å²) in [6, 6.07) is 0.0442. The van der Waals surface area contributed by atoms with Crippen LogP contribution in [-0.4, -0.2) is 50.5 Å². The molecule has 6 heteroatoms. The van der Waals surface area contributed by atoms with Crippen LogP contribution in [0.15, 0.2) is 4.99 Å². The van der Waals surface area contributed by atoms with Crippen molar-refractivity contribution in [3.63, 3.8) is 0 Å². The van der Waals surface area contributed by atoms with Crippen molar-refractivity contribution >= 4 is 28.6 Å². The van der Waals surface area contributed by atoms with E-state index in [4.69, 9.17) is 0 Å². The fourth-order valence-corrected chi connectivity index (χ4v) is 2.06. The molecule has 3 radical (unpaired) electrons. The van der Waals surface area contributed by atoms with Crippen molar-refractivity contribution in [2.45, 2.75) is 45.8 Å². The molecule has 0 N–H and O–H groups in total. The summed E-state index contributed by atoms with van der Waals surface area (Å²) in [4.78, 5) is 4.22. The molecule has 0 aromatic rings. The molecule has 0 atom stereocenters. The molecular weight excluding hydrogens is 312 g/mol. The van der Waals surface area contributed by atoms with E-state index >= 15 is 0 Å². The van der Waals surface area contributed by atoms with Gasteiger partial charge in [0.15, 0.2) is 0 Å². The van der Waals surface area contributed by atoms with Crippen molar-refractivity contribution in [3.05, 3.63) is 0 Å². The van der Waals surface area contributed by atoms with Gasteiger partial charge < -0.3 is 0 Å². The Hall–Kier alpha value is 0.0587. The fourth-order valence-electron chi connectivity index (χ4n) is 1.06. The van der Waals surface area contributed by atoms with Gasteiger partial charge in [-0.3, -0.25) is 0 Å². The van der Waals surface area contributed by atoms with Gasteiger partial charge in [-0.15, -0.1) is 0 Å². The van der Waals surface area contributed by atoms with E-state index in [2.05, 4.69) is 4.99 Å². The van der Waals surface area contributed by atoms with E-state index in [-0.39, 0.29) is 6.04 Å². The van der Waals surface area contributed by atoms with Crippen LogP contribution in [0.4, 0.5) is 13.2 Å². The maximum absolute atomic E-state index is 12.2. The van der Waals surface area contributed by atoms with E-state index in [1.165, 1.54) is 3.12 Å². The Balaban J connectivity index is 4.49. The van der Waals surface area contributed by atoms with E-state index < -0.39 is 12.7 Å². The van der Waals surface area contributed by atoms with Gasteiger partial charge in [-0.2, -0.15) is 0 Å². The summed E-state index contributed by atoms with van der Waals surface area (Å²) in [7, 11) is 0. The van der Waals surface area contributed by atoms with Gasteiger partial charge in [-0.1, -0.05) is 0 Å². The molecule has 2 nitrogen and oxygen atoms in total. The van der Waals surface area contributed by atoms with Crippen LogP contribution in [0.25, 0.3) is 0 Å². The molecule has 0 rings (SSSR count).